The fraction of sp³-hybridized carbons (Fsp3) is 0.846. The maximum absolute atomic E-state index is 11.4. The maximum atomic E-state index is 11.4. The number of carbonyl (C=O) groups excluding carboxylic acids is 1. The molecule has 23 heavy (non-hydrogen) atoms. The molecule has 1 aliphatic heterocycles. The predicted octanol–water partition coefficient (Wildman–Crippen LogP) is -3.25. The van der Waals surface area contributed by atoms with Crippen LogP contribution in [0.1, 0.15) is 19.8 Å². The molecule has 0 aromatic carbocycles. The first-order chi connectivity index (χ1) is 10.7. The molecule has 7 N–H and O–H groups in total. The van der Waals surface area contributed by atoms with Gasteiger partial charge in [-0.1, -0.05) is 0 Å². The van der Waals surface area contributed by atoms with Crippen molar-refractivity contribution in [3.63, 3.8) is 0 Å². The molecular formula is C13H24N2O8. The summed E-state index contributed by atoms with van der Waals surface area (Å²) in [5, 5.41) is 52.9. The van der Waals surface area contributed by atoms with Crippen molar-refractivity contribution in [2.45, 2.75) is 49.9 Å². The van der Waals surface area contributed by atoms with Gasteiger partial charge in [-0.25, -0.2) is 0 Å². The molecule has 134 valence electrons. The van der Waals surface area contributed by atoms with Crippen LogP contribution in [0.2, 0.25) is 0 Å². The van der Waals surface area contributed by atoms with E-state index in [-0.39, 0.29) is 18.7 Å². The Morgan fingerprint density at radius 1 is 1.35 bits per heavy atom. The quantitative estimate of drug-likeness (QED) is 0.241. The number of carboxylic acids is 1. The van der Waals surface area contributed by atoms with Crippen molar-refractivity contribution < 1.29 is 39.9 Å². The van der Waals surface area contributed by atoms with Crippen LogP contribution in [0.3, 0.4) is 0 Å². The number of carbonyl (C=O) groups is 2. The third-order valence-electron chi connectivity index (χ3n) is 3.62. The topological polar surface area (TPSA) is 169 Å². The molecule has 10 heteroatoms. The number of nitrogens with one attached hydrogen (secondary N) is 2. The highest BCUT2D eigenvalue weighted by molar-refractivity contribution is 5.78. The first-order valence-corrected chi connectivity index (χ1v) is 7.34. The minimum Gasteiger partial charge on any atom is -0.480 e. The second-order valence-corrected chi connectivity index (χ2v) is 5.42. The summed E-state index contributed by atoms with van der Waals surface area (Å²) in [6.45, 7) is 1.27. The lowest BCUT2D eigenvalue weighted by Crippen LogP contribution is -2.65. The van der Waals surface area contributed by atoms with Crippen molar-refractivity contribution in [2.75, 3.05) is 19.7 Å². The number of aliphatic hydroxyl groups excluding tert-OH is 3. The van der Waals surface area contributed by atoms with Gasteiger partial charge >= 0.3 is 5.97 Å². The third-order valence-corrected chi connectivity index (χ3v) is 3.62. The average Bonchev–Trinajstić information content (AvgIpc) is 2.49. The zero-order chi connectivity index (χ0) is 17.6. The molecule has 0 aromatic rings. The molecule has 0 bridgehead atoms. The predicted molar refractivity (Wildman–Crippen MR) is 76.3 cm³/mol. The summed E-state index contributed by atoms with van der Waals surface area (Å²) in [7, 11) is 0. The number of aliphatic carboxylic acids is 1. The van der Waals surface area contributed by atoms with Crippen LogP contribution < -0.4 is 10.6 Å². The van der Waals surface area contributed by atoms with Crippen molar-refractivity contribution in [3.8, 4) is 0 Å². The van der Waals surface area contributed by atoms with Gasteiger partial charge in [-0.3, -0.25) is 14.9 Å². The zero-order valence-electron chi connectivity index (χ0n) is 12.8. The van der Waals surface area contributed by atoms with Crippen LogP contribution in [0.4, 0.5) is 0 Å². The highest BCUT2D eigenvalue weighted by atomic mass is 16.6. The van der Waals surface area contributed by atoms with Crippen LogP contribution in [-0.2, 0) is 14.3 Å². The average molecular weight is 336 g/mol. The lowest BCUT2D eigenvalue weighted by molar-refractivity contribution is -0.318. The molecule has 0 saturated carbocycles. The first kappa shape index (κ1) is 19.7. The fourth-order valence-electron chi connectivity index (χ4n) is 2.19. The van der Waals surface area contributed by atoms with Crippen molar-refractivity contribution in [3.05, 3.63) is 0 Å². The minimum atomic E-state index is -2.24. The van der Waals surface area contributed by atoms with Crippen molar-refractivity contribution in [1.29, 1.82) is 0 Å². The molecule has 0 spiro atoms. The van der Waals surface area contributed by atoms with E-state index in [1.165, 1.54) is 0 Å². The number of aliphatic hydroxyl groups is 4. The number of carboxylic acid groups (broad SMARTS) is 1. The highest BCUT2D eigenvalue weighted by Crippen LogP contribution is 2.23. The number of hydrogen-bond acceptors (Lipinski definition) is 8. The molecule has 10 nitrogen and oxygen atoms in total. The largest absolute Gasteiger partial charge is 0.480 e. The van der Waals surface area contributed by atoms with E-state index in [0.717, 1.165) is 0 Å². The molecule has 1 saturated heterocycles. The Morgan fingerprint density at radius 2 is 2.00 bits per heavy atom. The molecule has 1 fully saturated rings. The van der Waals surface area contributed by atoms with Crippen LogP contribution in [0.25, 0.3) is 0 Å². The van der Waals surface area contributed by atoms with Crippen LogP contribution in [0, 0.1) is 0 Å². The summed E-state index contributed by atoms with van der Waals surface area (Å²) in [6, 6.07) is -1.15. The normalized spacial score (nSPS) is 32.3. The SMILES string of the molecule is CCNC(=O)CC[C@H](NC[C@@]1(O)OC[C@@H](O)[C@@H](O)[C@@H]1O)C(=O)O. The summed E-state index contributed by atoms with van der Waals surface area (Å²) in [5.74, 6) is -3.77. The molecule has 0 unspecified atom stereocenters. The van der Waals surface area contributed by atoms with Gasteiger partial charge in [-0.05, 0) is 13.3 Å². The smallest absolute Gasteiger partial charge is 0.320 e. The lowest BCUT2D eigenvalue weighted by Gasteiger charge is -2.42. The molecule has 5 atom stereocenters. The van der Waals surface area contributed by atoms with Gasteiger partial charge in [0.05, 0.1) is 13.2 Å². The van der Waals surface area contributed by atoms with Crippen LogP contribution >= 0.6 is 0 Å². The number of rotatable bonds is 8. The number of hydrogen-bond donors (Lipinski definition) is 7. The van der Waals surface area contributed by atoms with E-state index in [1.807, 2.05) is 0 Å². The monoisotopic (exact) mass is 336 g/mol. The van der Waals surface area contributed by atoms with E-state index in [0.29, 0.717) is 6.54 Å². The molecule has 0 aliphatic carbocycles. The summed E-state index contributed by atoms with van der Waals surface area (Å²) in [4.78, 5) is 22.5. The highest BCUT2D eigenvalue weighted by Gasteiger charge is 2.48. The second-order valence-electron chi connectivity index (χ2n) is 5.42. The standard InChI is InChI=1S/C13H24N2O8/c1-2-14-9(17)4-3-7(12(20)21)15-6-13(22)11(19)10(18)8(16)5-23-13/h7-8,10-11,15-16,18-19,22H,2-6H2,1H3,(H,14,17)(H,20,21)/t7-,8+,10+,11-,13+/m0/s1. The van der Waals surface area contributed by atoms with E-state index in [9.17, 15) is 30.0 Å². The maximum Gasteiger partial charge on any atom is 0.320 e. The van der Waals surface area contributed by atoms with E-state index in [2.05, 4.69) is 10.6 Å². The van der Waals surface area contributed by atoms with Gasteiger partial charge in [0.25, 0.3) is 0 Å². The van der Waals surface area contributed by atoms with Crippen molar-refractivity contribution >= 4 is 11.9 Å². The summed E-state index contributed by atoms with van der Waals surface area (Å²) in [6.07, 6.45) is -4.83. The molecule has 1 aliphatic rings. The van der Waals surface area contributed by atoms with Crippen LogP contribution in [0.15, 0.2) is 0 Å². The fourth-order valence-corrected chi connectivity index (χ4v) is 2.19. The molecule has 1 rings (SSSR count). The third kappa shape index (κ3) is 5.37. The van der Waals surface area contributed by atoms with Gasteiger partial charge in [0, 0.05) is 13.0 Å². The summed E-state index contributed by atoms with van der Waals surface area (Å²) < 4.78 is 4.92. The lowest BCUT2D eigenvalue weighted by atomic mass is 9.96. The summed E-state index contributed by atoms with van der Waals surface area (Å²) in [5.41, 5.74) is 0. The molecular weight excluding hydrogens is 312 g/mol. The first-order valence-electron chi connectivity index (χ1n) is 7.34. The van der Waals surface area contributed by atoms with Gasteiger partial charge in [0.2, 0.25) is 11.7 Å². The van der Waals surface area contributed by atoms with E-state index < -0.39 is 49.3 Å². The Labute approximate surface area is 133 Å². The molecule has 1 heterocycles. The van der Waals surface area contributed by atoms with Crippen molar-refractivity contribution in [2.24, 2.45) is 0 Å². The second kappa shape index (κ2) is 8.52. The Hall–Kier alpha value is -1.30. The summed E-state index contributed by atoms with van der Waals surface area (Å²) >= 11 is 0. The van der Waals surface area contributed by atoms with Gasteiger partial charge in [-0.2, -0.15) is 0 Å². The Bertz CT molecular complexity index is 421. The molecule has 0 aromatic heterocycles. The van der Waals surface area contributed by atoms with E-state index in [4.69, 9.17) is 9.84 Å². The Morgan fingerprint density at radius 3 is 2.57 bits per heavy atom. The van der Waals surface area contributed by atoms with E-state index >= 15 is 0 Å². The van der Waals surface area contributed by atoms with Crippen LogP contribution in [-0.4, -0.2) is 87.2 Å². The van der Waals surface area contributed by atoms with Crippen LogP contribution in [0.5, 0.6) is 0 Å². The van der Waals surface area contributed by atoms with E-state index in [1.54, 1.807) is 6.92 Å². The van der Waals surface area contributed by atoms with Gasteiger partial charge in [-0.15, -0.1) is 0 Å². The minimum absolute atomic E-state index is 0.0268. The Kier molecular flexibility index (Phi) is 7.32. The molecule has 0 radical (unpaired) electrons. The number of ether oxygens (including phenoxy) is 1. The number of amides is 1. The van der Waals surface area contributed by atoms with Gasteiger partial charge < -0.3 is 35.6 Å². The van der Waals surface area contributed by atoms with Gasteiger partial charge in [0.1, 0.15) is 24.4 Å². The zero-order valence-corrected chi connectivity index (χ0v) is 12.8. The van der Waals surface area contributed by atoms with Gasteiger partial charge in [0.15, 0.2) is 0 Å². The molecule has 1 amide bonds. The Balaban J connectivity index is 2.57. The van der Waals surface area contributed by atoms with Crippen molar-refractivity contribution in [1.82, 2.24) is 10.6 Å².